The van der Waals surface area contributed by atoms with Gasteiger partial charge in [0.1, 0.15) is 12.4 Å². The molecule has 0 aromatic carbocycles. The van der Waals surface area contributed by atoms with E-state index in [0.29, 0.717) is 12.5 Å². The van der Waals surface area contributed by atoms with E-state index in [0.717, 1.165) is 38.8 Å². The Labute approximate surface area is 164 Å². The van der Waals surface area contributed by atoms with Gasteiger partial charge < -0.3 is 5.11 Å². The zero-order valence-corrected chi connectivity index (χ0v) is 17.8. The van der Waals surface area contributed by atoms with Crippen molar-refractivity contribution in [3.63, 3.8) is 0 Å². The van der Waals surface area contributed by atoms with E-state index in [2.05, 4.69) is 47.2 Å². The molecule has 2 bridgehead atoms. The van der Waals surface area contributed by atoms with Gasteiger partial charge in [0.25, 0.3) is 0 Å². The van der Waals surface area contributed by atoms with Crippen LogP contribution in [0, 0.1) is 16.7 Å². The minimum atomic E-state index is -3.40. The molecule has 1 aromatic rings. The molecule has 0 saturated heterocycles. The highest BCUT2D eigenvalue weighted by atomic mass is 32.2. The van der Waals surface area contributed by atoms with E-state index in [9.17, 15) is 13.5 Å². The van der Waals surface area contributed by atoms with E-state index < -0.39 is 21.5 Å². The van der Waals surface area contributed by atoms with Gasteiger partial charge in [0, 0.05) is 12.0 Å². The third-order valence-corrected chi connectivity index (χ3v) is 8.81. The maximum absolute atomic E-state index is 12.7. The quantitative estimate of drug-likeness (QED) is 0.468. The second kappa shape index (κ2) is 7.84. The summed E-state index contributed by atoms with van der Waals surface area (Å²) in [5.41, 5.74) is -0.604. The smallest absolute Gasteiger partial charge is 0.243 e. The number of nitrogens with one attached hydrogen (secondary N) is 1. The fourth-order valence-corrected chi connectivity index (χ4v) is 7.25. The Morgan fingerprint density at radius 3 is 2.74 bits per heavy atom. The number of imidazole rings is 1. The number of fused-ring (bicyclic) bond motifs is 2. The van der Waals surface area contributed by atoms with Gasteiger partial charge in [-0.25, -0.2) is 22.3 Å². The third kappa shape index (κ3) is 4.10. The van der Waals surface area contributed by atoms with Crippen molar-refractivity contribution in [1.29, 1.82) is 0 Å². The van der Waals surface area contributed by atoms with Crippen molar-refractivity contribution in [2.24, 2.45) is 16.7 Å². The molecule has 0 aliphatic heterocycles. The summed E-state index contributed by atoms with van der Waals surface area (Å²) < 4.78 is 32.5. The fraction of sp³-hybridized carbons (Fsp3) is 0.850. The predicted octanol–water partition coefficient (Wildman–Crippen LogP) is 2.07. The van der Waals surface area contributed by atoms with E-state index in [1.54, 1.807) is 0 Å². The SMILES string of the molecule is CCCCn1cc[n+](CCCNS(=O)(=O)C[C@]23CC[C@H](C[C@H]2O)C3(C)C)c1. The molecule has 2 aliphatic carbocycles. The van der Waals surface area contributed by atoms with Crippen molar-refractivity contribution in [1.82, 2.24) is 9.29 Å². The lowest BCUT2D eigenvalue weighted by Crippen LogP contribution is -2.47. The highest BCUT2D eigenvalue weighted by Gasteiger charge is 2.64. The molecule has 2 aliphatic rings. The molecular weight excluding hydrogens is 362 g/mol. The summed E-state index contributed by atoms with van der Waals surface area (Å²) in [5.74, 6) is 0.487. The van der Waals surface area contributed by atoms with Crippen molar-refractivity contribution in [3.05, 3.63) is 18.7 Å². The van der Waals surface area contributed by atoms with Crippen molar-refractivity contribution >= 4 is 10.0 Å². The highest BCUT2D eigenvalue weighted by Crippen LogP contribution is 2.65. The van der Waals surface area contributed by atoms with Crippen molar-refractivity contribution < 1.29 is 18.1 Å². The molecule has 2 fully saturated rings. The molecular formula is C20H36N3O3S+. The minimum absolute atomic E-state index is 0.0468. The molecule has 154 valence electrons. The lowest BCUT2D eigenvalue weighted by atomic mass is 9.70. The standard InChI is InChI=1S/C20H36N3O3S/c1-4-5-10-22-12-13-23(16-22)11-6-9-21-27(25,26)15-20-8-7-17(14-18(20)24)19(20,2)3/h12-13,16-18,21,24H,4-11,14-15H2,1-3H3/q+1/t17-,18-,20-/m1/s1. The maximum atomic E-state index is 12.7. The van der Waals surface area contributed by atoms with E-state index in [1.165, 1.54) is 12.8 Å². The third-order valence-electron chi connectivity index (χ3n) is 7.27. The average Bonchev–Trinajstić information content (AvgIpc) is 3.19. The molecule has 0 unspecified atom stereocenters. The second-order valence-electron chi connectivity index (χ2n) is 9.11. The number of hydrogen-bond acceptors (Lipinski definition) is 3. The van der Waals surface area contributed by atoms with Crippen molar-refractivity contribution in [3.8, 4) is 0 Å². The number of unbranched alkanes of at least 4 members (excludes halogenated alkanes) is 1. The molecule has 0 spiro atoms. The molecule has 1 aromatic heterocycles. The van der Waals surface area contributed by atoms with Gasteiger partial charge in [0.05, 0.1) is 24.9 Å². The van der Waals surface area contributed by atoms with Gasteiger partial charge >= 0.3 is 0 Å². The molecule has 1 heterocycles. The van der Waals surface area contributed by atoms with Crippen LogP contribution in [0.5, 0.6) is 0 Å². The van der Waals surface area contributed by atoms with Crippen LogP contribution in [0.15, 0.2) is 18.7 Å². The Morgan fingerprint density at radius 1 is 1.33 bits per heavy atom. The number of aliphatic hydroxyl groups excluding tert-OH is 1. The average molecular weight is 399 g/mol. The van der Waals surface area contributed by atoms with Crippen LogP contribution in [-0.2, 0) is 23.1 Å². The first-order chi connectivity index (χ1) is 12.7. The Morgan fingerprint density at radius 2 is 2.11 bits per heavy atom. The Balaban J connectivity index is 1.49. The van der Waals surface area contributed by atoms with Crippen LogP contribution < -0.4 is 9.29 Å². The first-order valence-corrected chi connectivity index (χ1v) is 12.1. The number of hydrogen-bond donors (Lipinski definition) is 2. The molecule has 7 heteroatoms. The second-order valence-corrected chi connectivity index (χ2v) is 10.9. The summed E-state index contributed by atoms with van der Waals surface area (Å²) in [6, 6.07) is 0. The topological polar surface area (TPSA) is 75.2 Å². The largest absolute Gasteiger partial charge is 0.392 e. The van der Waals surface area contributed by atoms with E-state index in [-0.39, 0.29) is 11.2 Å². The van der Waals surface area contributed by atoms with Gasteiger partial charge in [-0.05, 0) is 43.4 Å². The highest BCUT2D eigenvalue weighted by molar-refractivity contribution is 7.89. The number of rotatable bonds is 10. The number of aryl methyl sites for hydroxylation is 2. The summed E-state index contributed by atoms with van der Waals surface area (Å²) >= 11 is 0. The minimum Gasteiger partial charge on any atom is -0.392 e. The lowest BCUT2D eigenvalue weighted by molar-refractivity contribution is -0.696. The monoisotopic (exact) mass is 398 g/mol. The number of sulfonamides is 1. The Bertz CT molecular complexity index is 743. The van der Waals surface area contributed by atoms with Crippen LogP contribution in [0.3, 0.4) is 0 Å². The summed E-state index contributed by atoms with van der Waals surface area (Å²) in [5, 5.41) is 10.6. The first-order valence-electron chi connectivity index (χ1n) is 10.4. The van der Waals surface area contributed by atoms with Gasteiger partial charge in [-0.15, -0.1) is 0 Å². The molecule has 0 radical (unpaired) electrons. The van der Waals surface area contributed by atoms with Crippen LogP contribution in [0.2, 0.25) is 0 Å². The van der Waals surface area contributed by atoms with Gasteiger partial charge in [-0.3, -0.25) is 0 Å². The fourth-order valence-electron chi connectivity index (χ4n) is 5.30. The van der Waals surface area contributed by atoms with Crippen molar-refractivity contribution in [2.45, 2.75) is 78.5 Å². The van der Waals surface area contributed by atoms with Crippen LogP contribution in [0.25, 0.3) is 0 Å². The van der Waals surface area contributed by atoms with Crippen LogP contribution >= 0.6 is 0 Å². The van der Waals surface area contributed by atoms with Crippen molar-refractivity contribution in [2.75, 3.05) is 12.3 Å². The van der Waals surface area contributed by atoms with Gasteiger partial charge in [0.15, 0.2) is 0 Å². The zero-order chi connectivity index (χ0) is 19.7. The Kier molecular flexibility index (Phi) is 6.04. The van der Waals surface area contributed by atoms with Gasteiger partial charge in [-0.2, -0.15) is 0 Å². The van der Waals surface area contributed by atoms with Crippen LogP contribution in [0.4, 0.5) is 0 Å². The van der Waals surface area contributed by atoms with Gasteiger partial charge in [-0.1, -0.05) is 27.2 Å². The molecule has 3 atom stereocenters. The van der Waals surface area contributed by atoms with Gasteiger partial charge in [0.2, 0.25) is 16.4 Å². The molecule has 3 rings (SSSR count). The molecule has 27 heavy (non-hydrogen) atoms. The molecule has 2 N–H and O–H groups in total. The summed E-state index contributed by atoms with van der Waals surface area (Å²) in [7, 11) is -3.40. The number of aliphatic hydroxyl groups is 1. The van der Waals surface area contributed by atoms with Crippen LogP contribution in [-0.4, -0.2) is 36.5 Å². The van der Waals surface area contributed by atoms with E-state index in [1.807, 2.05) is 6.20 Å². The van der Waals surface area contributed by atoms with E-state index in [4.69, 9.17) is 0 Å². The zero-order valence-electron chi connectivity index (χ0n) is 17.0. The predicted molar refractivity (Wildman–Crippen MR) is 106 cm³/mol. The summed E-state index contributed by atoms with van der Waals surface area (Å²) in [6.07, 6.45) is 11.4. The maximum Gasteiger partial charge on any atom is 0.243 e. The normalized spacial score (nSPS) is 29.5. The lowest BCUT2D eigenvalue weighted by Gasteiger charge is -2.40. The molecule has 2 saturated carbocycles. The molecule has 0 amide bonds. The summed E-state index contributed by atoms with van der Waals surface area (Å²) in [4.78, 5) is 0. The van der Waals surface area contributed by atoms with Crippen LogP contribution in [0.1, 0.15) is 59.3 Å². The summed E-state index contributed by atoms with van der Waals surface area (Å²) in [6.45, 7) is 8.71. The molecule has 6 nitrogen and oxygen atoms in total. The first kappa shape index (κ1) is 20.8. The number of nitrogens with zero attached hydrogens (tertiary/aromatic N) is 2. The Hall–Kier alpha value is -0.920. The van der Waals surface area contributed by atoms with E-state index >= 15 is 0 Å². The number of aromatic nitrogens is 2.